The zero-order chi connectivity index (χ0) is 21.2. The van der Waals surface area contributed by atoms with E-state index in [0.29, 0.717) is 12.6 Å². The standard InChI is InChI=1S/C24H28ClN5O/c25-20-6-3-7-21(15-20)27-11-13-28(14-12-27)22-8-4-10-29(17-22)24(31)18-30-16-19-5-1-2-9-23(19)26-30/h1-3,5-7,9,15-16,22H,4,8,10-14,17-18H2. The van der Waals surface area contributed by atoms with E-state index in [0.717, 1.165) is 68.0 Å². The van der Waals surface area contributed by atoms with Crippen LogP contribution in [0, 0.1) is 0 Å². The summed E-state index contributed by atoms with van der Waals surface area (Å²) in [6.45, 7) is 5.99. The predicted octanol–water partition coefficient (Wildman–Crippen LogP) is 3.50. The van der Waals surface area contributed by atoms with Crippen LogP contribution in [0.1, 0.15) is 12.8 Å². The van der Waals surface area contributed by atoms with Crippen LogP contribution in [0.5, 0.6) is 0 Å². The van der Waals surface area contributed by atoms with E-state index in [1.807, 2.05) is 53.6 Å². The molecule has 0 N–H and O–H groups in total. The zero-order valence-electron chi connectivity index (χ0n) is 17.7. The van der Waals surface area contributed by atoms with Crippen molar-refractivity contribution in [1.82, 2.24) is 19.6 Å². The summed E-state index contributed by atoms with van der Waals surface area (Å²) in [5.41, 5.74) is 2.13. The van der Waals surface area contributed by atoms with Gasteiger partial charge in [0.15, 0.2) is 0 Å². The SMILES string of the molecule is O=C(Cn1cc2ccccc2n1)N1CCCC(N2CCN(c3cccc(Cl)c3)CC2)C1. The summed E-state index contributed by atoms with van der Waals surface area (Å²) in [7, 11) is 0. The maximum absolute atomic E-state index is 13.0. The van der Waals surface area contributed by atoms with Gasteiger partial charge in [0.25, 0.3) is 0 Å². The van der Waals surface area contributed by atoms with Gasteiger partial charge >= 0.3 is 0 Å². The van der Waals surface area contributed by atoms with E-state index in [1.165, 1.54) is 5.69 Å². The van der Waals surface area contributed by atoms with Crippen LogP contribution in [-0.4, -0.2) is 70.8 Å². The lowest BCUT2D eigenvalue weighted by molar-refractivity contribution is -0.134. The van der Waals surface area contributed by atoms with E-state index in [1.54, 1.807) is 4.68 Å². The topological polar surface area (TPSA) is 44.6 Å². The number of halogens is 1. The molecule has 2 fully saturated rings. The molecule has 31 heavy (non-hydrogen) atoms. The van der Waals surface area contributed by atoms with Crippen LogP contribution in [0.2, 0.25) is 5.02 Å². The van der Waals surface area contributed by atoms with Gasteiger partial charge < -0.3 is 9.80 Å². The lowest BCUT2D eigenvalue weighted by Crippen LogP contribution is -2.56. The van der Waals surface area contributed by atoms with Crippen LogP contribution in [0.4, 0.5) is 5.69 Å². The van der Waals surface area contributed by atoms with Crippen molar-refractivity contribution in [2.24, 2.45) is 0 Å². The van der Waals surface area contributed by atoms with Gasteiger partial charge in [0.05, 0.1) is 5.52 Å². The van der Waals surface area contributed by atoms with Crippen molar-refractivity contribution >= 4 is 34.1 Å². The van der Waals surface area contributed by atoms with Crippen LogP contribution in [0.3, 0.4) is 0 Å². The third-order valence-electron chi connectivity index (χ3n) is 6.51. The van der Waals surface area contributed by atoms with E-state index in [9.17, 15) is 4.79 Å². The molecule has 0 radical (unpaired) electrons. The summed E-state index contributed by atoms with van der Waals surface area (Å²) in [4.78, 5) is 20.0. The number of piperazine rings is 1. The first kappa shape index (κ1) is 20.3. The number of anilines is 1. The van der Waals surface area contributed by atoms with Crippen LogP contribution in [-0.2, 0) is 11.3 Å². The maximum Gasteiger partial charge on any atom is 0.244 e. The molecule has 1 aromatic heterocycles. The molecular weight excluding hydrogens is 410 g/mol. The molecule has 2 saturated heterocycles. The first-order chi connectivity index (χ1) is 15.2. The minimum absolute atomic E-state index is 0.162. The monoisotopic (exact) mass is 437 g/mol. The van der Waals surface area contributed by atoms with Crippen LogP contribution < -0.4 is 4.90 Å². The number of aromatic nitrogens is 2. The molecule has 3 aromatic rings. The number of nitrogens with zero attached hydrogens (tertiary/aromatic N) is 5. The van der Waals surface area contributed by atoms with E-state index in [2.05, 4.69) is 21.0 Å². The molecule has 0 saturated carbocycles. The second kappa shape index (κ2) is 8.89. The molecule has 0 bridgehead atoms. The fourth-order valence-corrected chi connectivity index (χ4v) is 5.02. The largest absolute Gasteiger partial charge is 0.369 e. The minimum atomic E-state index is 0.162. The number of hydrogen-bond donors (Lipinski definition) is 0. The summed E-state index contributed by atoms with van der Waals surface area (Å²) in [5, 5.41) is 6.40. The van der Waals surface area contributed by atoms with Crippen molar-refractivity contribution in [3.63, 3.8) is 0 Å². The number of carbonyl (C=O) groups excluding carboxylic acids is 1. The number of likely N-dealkylation sites (tertiary alicyclic amines) is 1. The number of fused-ring (bicyclic) bond motifs is 1. The molecule has 1 atom stereocenters. The average Bonchev–Trinajstić information content (AvgIpc) is 3.21. The normalized spacial score (nSPS) is 20.4. The smallest absolute Gasteiger partial charge is 0.244 e. The lowest BCUT2D eigenvalue weighted by Gasteiger charge is -2.44. The van der Waals surface area contributed by atoms with Gasteiger partial charge in [0, 0.05) is 67.6 Å². The summed E-state index contributed by atoms with van der Waals surface area (Å²) in [5.74, 6) is 0.162. The molecule has 6 nitrogen and oxygen atoms in total. The number of carbonyl (C=O) groups is 1. The molecule has 2 aromatic carbocycles. The maximum atomic E-state index is 13.0. The Morgan fingerprint density at radius 1 is 1.03 bits per heavy atom. The average molecular weight is 438 g/mol. The van der Waals surface area contributed by atoms with Gasteiger partial charge in [0.1, 0.15) is 6.54 Å². The third kappa shape index (κ3) is 4.55. The number of hydrogen-bond acceptors (Lipinski definition) is 4. The van der Waals surface area contributed by atoms with Crippen molar-refractivity contribution in [3.05, 3.63) is 59.8 Å². The highest BCUT2D eigenvalue weighted by molar-refractivity contribution is 6.30. The highest BCUT2D eigenvalue weighted by Crippen LogP contribution is 2.23. The second-order valence-electron chi connectivity index (χ2n) is 8.52. The van der Waals surface area contributed by atoms with Gasteiger partial charge in [-0.05, 0) is 37.1 Å². The molecule has 1 amide bonds. The summed E-state index contributed by atoms with van der Waals surface area (Å²) in [6, 6.07) is 16.5. The van der Waals surface area contributed by atoms with Crippen molar-refractivity contribution in [2.75, 3.05) is 44.2 Å². The van der Waals surface area contributed by atoms with E-state index in [4.69, 9.17) is 11.6 Å². The Morgan fingerprint density at radius 2 is 1.87 bits per heavy atom. The van der Waals surface area contributed by atoms with Crippen molar-refractivity contribution in [2.45, 2.75) is 25.4 Å². The molecule has 0 spiro atoms. The lowest BCUT2D eigenvalue weighted by atomic mass is 10.0. The summed E-state index contributed by atoms with van der Waals surface area (Å²) in [6.07, 6.45) is 4.18. The molecule has 162 valence electrons. The summed E-state index contributed by atoms with van der Waals surface area (Å²) >= 11 is 6.16. The van der Waals surface area contributed by atoms with Crippen LogP contribution in [0.25, 0.3) is 10.9 Å². The highest BCUT2D eigenvalue weighted by atomic mass is 35.5. The Bertz CT molecular complexity index is 1030. The first-order valence-corrected chi connectivity index (χ1v) is 11.5. The van der Waals surface area contributed by atoms with Crippen LogP contribution in [0.15, 0.2) is 54.7 Å². The minimum Gasteiger partial charge on any atom is -0.369 e. The van der Waals surface area contributed by atoms with Crippen molar-refractivity contribution in [3.8, 4) is 0 Å². The van der Waals surface area contributed by atoms with Gasteiger partial charge in [-0.1, -0.05) is 35.9 Å². The van der Waals surface area contributed by atoms with Crippen LogP contribution >= 0.6 is 11.6 Å². The molecule has 2 aliphatic heterocycles. The Labute approximate surface area is 188 Å². The molecular formula is C24H28ClN5O. The van der Waals surface area contributed by atoms with Crippen molar-refractivity contribution in [1.29, 1.82) is 0 Å². The molecule has 0 aliphatic carbocycles. The van der Waals surface area contributed by atoms with E-state index >= 15 is 0 Å². The van der Waals surface area contributed by atoms with Gasteiger partial charge in [0.2, 0.25) is 5.91 Å². The Morgan fingerprint density at radius 3 is 2.68 bits per heavy atom. The fraction of sp³-hybridized carbons (Fsp3) is 0.417. The highest BCUT2D eigenvalue weighted by Gasteiger charge is 2.30. The van der Waals surface area contributed by atoms with Crippen molar-refractivity contribution < 1.29 is 4.79 Å². The Hall–Kier alpha value is -2.57. The summed E-state index contributed by atoms with van der Waals surface area (Å²) < 4.78 is 1.78. The third-order valence-corrected chi connectivity index (χ3v) is 6.75. The number of rotatable bonds is 4. The van der Waals surface area contributed by atoms with E-state index in [-0.39, 0.29) is 5.91 Å². The van der Waals surface area contributed by atoms with Gasteiger partial charge in [-0.15, -0.1) is 0 Å². The fourth-order valence-electron chi connectivity index (χ4n) is 4.83. The zero-order valence-corrected chi connectivity index (χ0v) is 18.4. The Balaban J connectivity index is 1.17. The first-order valence-electron chi connectivity index (χ1n) is 11.1. The number of benzene rings is 2. The Kier molecular flexibility index (Phi) is 5.83. The van der Waals surface area contributed by atoms with Gasteiger partial charge in [-0.25, -0.2) is 0 Å². The molecule has 3 heterocycles. The predicted molar refractivity (Wildman–Crippen MR) is 125 cm³/mol. The van der Waals surface area contributed by atoms with Gasteiger partial charge in [-0.3, -0.25) is 14.4 Å². The second-order valence-corrected chi connectivity index (χ2v) is 8.96. The molecule has 2 aliphatic rings. The van der Waals surface area contributed by atoms with E-state index < -0.39 is 0 Å². The molecule has 7 heteroatoms. The quantitative estimate of drug-likeness (QED) is 0.626. The number of piperidine rings is 1. The molecule has 1 unspecified atom stereocenters. The number of amides is 1. The molecule has 5 rings (SSSR count). The van der Waals surface area contributed by atoms with Gasteiger partial charge in [-0.2, -0.15) is 5.10 Å².